The van der Waals surface area contributed by atoms with Gasteiger partial charge in [-0.05, 0) is 32.0 Å². The number of anilines is 1. The van der Waals surface area contributed by atoms with Gasteiger partial charge in [-0.1, -0.05) is 17.7 Å². The van der Waals surface area contributed by atoms with Gasteiger partial charge < -0.3 is 10.1 Å². The van der Waals surface area contributed by atoms with Gasteiger partial charge in [-0.2, -0.15) is 0 Å². The molecule has 0 atom stereocenters. The van der Waals surface area contributed by atoms with Crippen molar-refractivity contribution in [3.8, 4) is 5.75 Å². The van der Waals surface area contributed by atoms with E-state index in [0.717, 1.165) is 22.7 Å². The van der Waals surface area contributed by atoms with Gasteiger partial charge in [-0.15, -0.1) is 0 Å². The Bertz CT molecular complexity index is 567. The van der Waals surface area contributed by atoms with Crippen LogP contribution in [0.2, 0.25) is 5.02 Å². The Morgan fingerprint density at radius 2 is 1.89 bits per heavy atom. The number of halogens is 1. The zero-order chi connectivity index (χ0) is 13.8. The first-order chi connectivity index (χ1) is 9.10. The molecule has 1 aromatic heterocycles. The van der Waals surface area contributed by atoms with E-state index in [1.807, 2.05) is 38.1 Å². The second-order valence-corrected chi connectivity index (χ2v) is 4.66. The Kier molecular flexibility index (Phi) is 4.22. The Labute approximate surface area is 117 Å². The van der Waals surface area contributed by atoms with Crippen molar-refractivity contribution in [2.45, 2.75) is 20.4 Å². The van der Waals surface area contributed by atoms with Gasteiger partial charge in [0.15, 0.2) is 0 Å². The number of nitrogens with zero attached hydrogens (tertiary/aromatic N) is 2. The van der Waals surface area contributed by atoms with Crippen LogP contribution in [0, 0.1) is 13.8 Å². The smallest absolute Gasteiger partial charge is 0.223 e. The van der Waals surface area contributed by atoms with Crippen LogP contribution in [-0.4, -0.2) is 17.1 Å². The van der Waals surface area contributed by atoms with Crippen LogP contribution in [0.5, 0.6) is 5.75 Å². The lowest BCUT2D eigenvalue weighted by molar-refractivity contribution is 0.410. The van der Waals surface area contributed by atoms with Gasteiger partial charge in [-0.25, -0.2) is 9.97 Å². The SMILES string of the molecule is COc1cccc(Cl)c1CNc1nc(C)cc(C)n1. The predicted octanol–water partition coefficient (Wildman–Crippen LogP) is 3.37. The van der Waals surface area contributed by atoms with Gasteiger partial charge in [-0.3, -0.25) is 0 Å². The highest BCUT2D eigenvalue weighted by Gasteiger charge is 2.08. The minimum Gasteiger partial charge on any atom is -0.496 e. The maximum Gasteiger partial charge on any atom is 0.223 e. The number of hydrogen-bond acceptors (Lipinski definition) is 4. The molecule has 0 saturated carbocycles. The van der Waals surface area contributed by atoms with Crippen molar-refractivity contribution >= 4 is 17.5 Å². The minimum atomic E-state index is 0.520. The molecule has 2 rings (SSSR count). The average Bonchev–Trinajstić information content (AvgIpc) is 2.36. The van der Waals surface area contributed by atoms with E-state index < -0.39 is 0 Å². The summed E-state index contributed by atoms with van der Waals surface area (Å²) < 4.78 is 5.30. The molecule has 1 N–H and O–H groups in total. The number of methoxy groups -OCH3 is 1. The first-order valence-electron chi connectivity index (χ1n) is 5.97. The Morgan fingerprint density at radius 3 is 2.53 bits per heavy atom. The molecule has 2 aromatic rings. The highest BCUT2D eigenvalue weighted by Crippen LogP contribution is 2.26. The first kappa shape index (κ1) is 13.6. The van der Waals surface area contributed by atoms with E-state index in [4.69, 9.17) is 16.3 Å². The highest BCUT2D eigenvalue weighted by atomic mass is 35.5. The number of hydrogen-bond donors (Lipinski definition) is 1. The molecule has 0 saturated heterocycles. The Hall–Kier alpha value is -1.81. The monoisotopic (exact) mass is 277 g/mol. The van der Waals surface area contributed by atoms with Crippen LogP contribution in [0.3, 0.4) is 0 Å². The van der Waals surface area contributed by atoms with Crippen molar-refractivity contribution < 1.29 is 4.74 Å². The largest absolute Gasteiger partial charge is 0.496 e. The third-order valence-corrected chi connectivity index (χ3v) is 3.06. The van der Waals surface area contributed by atoms with Crippen LogP contribution >= 0.6 is 11.6 Å². The second-order valence-electron chi connectivity index (χ2n) is 4.25. The van der Waals surface area contributed by atoms with E-state index in [9.17, 15) is 0 Å². The molecule has 0 aliphatic heterocycles. The molecule has 100 valence electrons. The summed E-state index contributed by atoms with van der Waals surface area (Å²) in [5.74, 6) is 1.35. The number of aromatic nitrogens is 2. The molecule has 19 heavy (non-hydrogen) atoms. The first-order valence-corrected chi connectivity index (χ1v) is 6.35. The molecule has 1 heterocycles. The standard InChI is InChI=1S/C14H16ClN3O/c1-9-7-10(2)18-14(17-9)16-8-11-12(15)5-4-6-13(11)19-3/h4-7H,8H2,1-3H3,(H,16,17,18). The fraction of sp³-hybridized carbons (Fsp3) is 0.286. The van der Waals surface area contributed by atoms with E-state index in [2.05, 4.69) is 15.3 Å². The highest BCUT2D eigenvalue weighted by molar-refractivity contribution is 6.31. The van der Waals surface area contributed by atoms with Crippen molar-refractivity contribution in [2.75, 3.05) is 12.4 Å². The lowest BCUT2D eigenvalue weighted by Gasteiger charge is -2.11. The molecule has 0 radical (unpaired) electrons. The topological polar surface area (TPSA) is 47.0 Å². The van der Waals surface area contributed by atoms with Crippen LogP contribution in [0.25, 0.3) is 0 Å². The van der Waals surface area contributed by atoms with Crippen molar-refractivity contribution in [1.82, 2.24) is 9.97 Å². The normalized spacial score (nSPS) is 10.3. The minimum absolute atomic E-state index is 0.520. The molecule has 1 aromatic carbocycles. The van der Waals surface area contributed by atoms with E-state index in [1.165, 1.54) is 0 Å². The van der Waals surface area contributed by atoms with E-state index >= 15 is 0 Å². The van der Waals surface area contributed by atoms with Gasteiger partial charge in [0.1, 0.15) is 5.75 Å². The number of benzene rings is 1. The number of rotatable bonds is 4. The fourth-order valence-electron chi connectivity index (χ4n) is 1.87. The second kappa shape index (κ2) is 5.89. The van der Waals surface area contributed by atoms with Crippen LogP contribution < -0.4 is 10.1 Å². The van der Waals surface area contributed by atoms with Crippen LogP contribution in [0.1, 0.15) is 17.0 Å². The van der Waals surface area contributed by atoms with E-state index in [1.54, 1.807) is 7.11 Å². The maximum atomic E-state index is 6.18. The summed E-state index contributed by atoms with van der Waals surface area (Å²) in [6.45, 7) is 4.40. The molecule has 0 fully saturated rings. The molecule has 0 amide bonds. The van der Waals surface area contributed by atoms with E-state index in [-0.39, 0.29) is 0 Å². The van der Waals surface area contributed by atoms with Gasteiger partial charge in [0.05, 0.1) is 7.11 Å². The molecule has 0 aliphatic carbocycles. The Morgan fingerprint density at radius 1 is 1.21 bits per heavy atom. The zero-order valence-corrected chi connectivity index (χ0v) is 12.0. The van der Waals surface area contributed by atoms with Gasteiger partial charge in [0.25, 0.3) is 0 Å². The predicted molar refractivity (Wildman–Crippen MR) is 76.8 cm³/mol. The van der Waals surface area contributed by atoms with Gasteiger partial charge in [0, 0.05) is 28.5 Å². The summed E-state index contributed by atoms with van der Waals surface area (Å²) in [6, 6.07) is 7.51. The zero-order valence-electron chi connectivity index (χ0n) is 11.2. The number of ether oxygens (including phenoxy) is 1. The summed E-state index contributed by atoms with van der Waals surface area (Å²) >= 11 is 6.18. The van der Waals surface area contributed by atoms with Crippen molar-refractivity contribution in [2.24, 2.45) is 0 Å². The molecule has 0 bridgehead atoms. The van der Waals surface area contributed by atoms with Crippen LogP contribution in [0.4, 0.5) is 5.95 Å². The molecule has 4 nitrogen and oxygen atoms in total. The lowest BCUT2D eigenvalue weighted by atomic mass is 10.2. The number of nitrogens with one attached hydrogen (secondary N) is 1. The molecule has 5 heteroatoms. The van der Waals surface area contributed by atoms with Crippen molar-refractivity contribution in [3.63, 3.8) is 0 Å². The fourth-order valence-corrected chi connectivity index (χ4v) is 2.11. The van der Waals surface area contributed by atoms with Crippen molar-refractivity contribution in [3.05, 3.63) is 46.2 Å². The summed E-state index contributed by atoms with van der Waals surface area (Å²) in [6.07, 6.45) is 0. The molecule has 0 unspecified atom stereocenters. The van der Waals surface area contributed by atoms with E-state index in [0.29, 0.717) is 17.5 Å². The van der Waals surface area contributed by atoms with Gasteiger partial charge >= 0.3 is 0 Å². The molecular formula is C14H16ClN3O. The summed E-state index contributed by atoms with van der Waals surface area (Å²) in [4.78, 5) is 8.66. The maximum absolute atomic E-state index is 6.18. The summed E-state index contributed by atoms with van der Waals surface area (Å²) in [7, 11) is 1.63. The Balaban J connectivity index is 2.18. The summed E-state index contributed by atoms with van der Waals surface area (Å²) in [5, 5.41) is 3.83. The molecule has 0 aliphatic rings. The van der Waals surface area contributed by atoms with Gasteiger partial charge in [0.2, 0.25) is 5.95 Å². The van der Waals surface area contributed by atoms with Crippen LogP contribution in [0.15, 0.2) is 24.3 Å². The quantitative estimate of drug-likeness (QED) is 0.931. The number of aryl methyl sites for hydroxylation is 2. The van der Waals surface area contributed by atoms with Crippen LogP contribution in [-0.2, 0) is 6.54 Å². The third kappa shape index (κ3) is 3.35. The average molecular weight is 278 g/mol. The summed E-state index contributed by atoms with van der Waals surface area (Å²) in [5.41, 5.74) is 2.76. The molecular weight excluding hydrogens is 262 g/mol. The lowest BCUT2D eigenvalue weighted by Crippen LogP contribution is -2.07. The van der Waals surface area contributed by atoms with Crippen molar-refractivity contribution in [1.29, 1.82) is 0 Å². The molecule has 0 spiro atoms. The third-order valence-electron chi connectivity index (χ3n) is 2.70.